The Morgan fingerprint density at radius 2 is 1.92 bits per heavy atom. The van der Waals surface area contributed by atoms with Gasteiger partial charge in [0.05, 0.1) is 0 Å². The van der Waals surface area contributed by atoms with Gasteiger partial charge in [-0.15, -0.1) is 0 Å². The highest BCUT2D eigenvalue weighted by Gasteiger charge is 2.23. The summed E-state index contributed by atoms with van der Waals surface area (Å²) in [6.45, 7) is 3.62. The Labute approximate surface area is 139 Å². The van der Waals surface area contributed by atoms with Crippen molar-refractivity contribution >= 4 is 11.6 Å². The van der Waals surface area contributed by atoms with E-state index in [0.717, 1.165) is 24.9 Å². The molecule has 2 rings (SSSR count). The van der Waals surface area contributed by atoms with Crippen LogP contribution < -0.4 is 11.1 Å². The Bertz CT molecular complexity index is 643. The van der Waals surface area contributed by atoms with Crippen molar-refractivity contribution in [2.24, 2.45) is 5.73 Å². The van der Waals surface area contributed by atoms with Crippen LogP contribution in [0.1, 0.15) is 0 Å². The maximum absolute atomic E-state index is 13.6. The van der Waals surface area contributed by atoms with Crippen LogP contribution in [0.4, 0.5) is 14.5 Å². The van der Waals surface area contributed by atoms with Crippen LogP contribution in [-0.2, 0) is 4.79 Å². The molecular weight excluding hydrogens is 316 g/mol. The third-order valence-corrected chi connectivity index (χ3v) is 3.78. The highest BCUT2D eigenvalue weighted by Crippen LogP contribution is 2.18. The maximum atomic E-state index is 13.6. The lowest BCUT2D eigenvalue weighted by Crippen LogP contribution is -2.50. The summed E-state index contributed by atoms with van der Waals surface area (Å²) in [5.74, 6) is -2.06. The van der Waals surface area contributed by atoms with E-state index in [-0.39, 0.29) is 5.57 Å². The average molecular weight is 335 g/mol. The van der Waals surface area contributed by atoms with Crippen LogP contribution in [0.2, 0.25) is 0 Å². The van der Waals surface area contributed by atoms with E-state index in [2.05, 4.69) is 10.2 Å². The molecule has 6 nitrogen and oxygen atoms in total. The van der Waals surface area contributed by atoms with Crippen molar-refractivity contribution in [1.82, 2.24) is 9.80 Å². The second-order valence-corrected chi connectivity index (χ2v) is 5.33. The molecule has 1 fully saturated rings. The van der Waals surface area contributed by atoms with Crippen molar-refractivity contribution < 1.29 is 13.6 Å². The summed E-state index contributed by atoms with van der Waals surface area (Å²) < 4.78 is 27.1. The van der Waals surface area contributed by atoms with Gasteiger partial charge in [0.25, 0.3) is 5.91 Å². The fourth-order valence-corrected chi connectivity index (χ4v) is 2.45. The molecule has 8 heteroatoms. The van der Waals surface area contributed by atoms with Crippen LogP contribution in [0.5, 0.6) is 0 Å². The van der Waals surface area contributed by atoms with Crippen molar-refractivity contribution in [3.63, 3.8) is 0 Å². The molecule has 24 heavy (non-hydrogen) atoms. The topological polar surface area (TPSA) is 85.4 Å². The Morgan fingerprint density at radius 3 is 2.46 bits per heavy atom. The lowest BCUT2D eigenvalue weighted by atomic mass is 10.2. The zero-order chi connectivity index (χ0) is 17.5. The lowest BCUT2D eigenvalue weighted by molar-refractivity contribution is -0.128. The van der Waals surface area contributed by atoms with Crippen molar-refractivity contribution in [3.8, 4) is 6.07 Å². The van der Waals surface area contributed by atoms with E-state index in [1.807, 2.05) is 0 Å². The molecule has 1 amide bonds. The number of benzene rings is 1. The van der Waals surface area contributed by atoms with E-state index in [1.165, 1.54) is 6.07 Å². The number of carbonyl (C=O) groups excluding carboxylic acids is 1. The Balaban J connectivity index is 2.03. The van der Waals surface area contributed by atoms with E-state index in [0.29, 0.717) is 32.7 Å². The molecule has 1 aromatic rings. The summed E-state index contributed by atoms with van der Waals surface area (Å²) in [4.78, 5) is 16.0. The second kappa shape index (κ2) is 8.38. The summed E-state index contributed by atoms with van der Waals surface area (Å²) in [6.07, 6.45) is 1.04. The predicted octanol–water partition coefficient (Wildman–Crippen LogP) is 0.887. The molecule has 0 spiro atoms. The summed E-state index contributed by atoms with van der Waals surface area (Å²) in [7, 11) is 0. The molecule has 0 radical (unpaired) electrons. The molecule has 1 aliphatic rings. The van der Waals surface area contributed by atoms with Crippen molar-refractivity contribution in [1.29, 1.82) is 5.26 Å². The molecule has 0 saturated carbocycles. The minimum atomic E-state index is -0.800. The van der Waals surface area contributed by atoms with Crippen molar-refractivity contribution in [2.75, 3.05) is 44.6 Å². The number of rotatable bonds is 5. The Kier molecular flexibility index (Phi) is 6.23. The molecule has 0 aromatic heterocycles. The van der Waals surface area contributed by atoms with Gasteiger partial charge in [0.1, 0.15) is 29.0 Å². The first kappa shape index (κ1) is 17.8. The molecule has 1 heterocycles. The number of piperazine rings is 1. The molecule has 1 saturated heterocycles. The van der Waals surface area contributed by atoms with Crippen LogP contribution in [-0.4, -0.2) is 55.0 Å². The van der Waals surface area contributed by atoms with Gasteiger partial charge in [0.2, 0.25) is 0 Å². The first-order chi connectivity index (χ1) is 11.6. The average Bonchev–Trinajstić information content (AvgIpc) is 2.58. The predicted molar refractivity (Wildman–Crippen MR) is 85.8 cm³/mol. The minimum Gasteiger partial charge on any atom is -0.355 e. The largest absolute Gasteiger partial charge is 0.355 e. The van der Waals surface area contributed by atoms with Gasteiger partial charge in [-0.25, -0.2) is 8.78 Å². The molecular formula is C16H19F2N5O. The highest BCUT2D eigenvalue weighted by molar-refractivity contribution is 5.97. The highest BCUT2D eigenvalue weighted by atomic mass is 19.1. The summed E-state index contributed by atoms with van der Waals surface area (Å²) >= 11 is 0. The standard InChI is InChI=1S/C16H19F2N5O/c17-13-2-1-3-14(18)15(13)21-11-12(10-20)16(24)23-8-6-22(5-4-19)7-9-23/h1-3,11,21H,4-9,19H2/b12-11-. The van der Waals surface area contributed by atoms with E-state index in [4.69, 9.17) is 11.0 Å². The smallest absolute Gasteiger partial charge is 0.266 e. The van der Waals surface area contributed by atoms with Crippen LogP contribution in [0.3, 0.4) is 0 Å². The molecule has 3 N–H and O–H groups in total. The van der Waals surface area contributed by atoms with Gasteiger partial charge >= 0.3 is 0 Å². The van der Waals surface area contributed by atoms with E-state index < -0.39 is 23.2 Å². The second-order valence-electron chi connectivity index (χ2n) is 5.33. The number of halogens is 2. The van der Waals surface area contributed by atoms with E-state index >= 15 is 0 Å². The van der Waals surface area contributed by atoms with Gasteiger partial charge in [-0.2, -0.15) is 5.26 Å². The monoisotopic (exact) mass is 335 g/mol. The van der Waals surface area contributed by atoms with Gasteiger partial charge in [0.15, 0.2) is 0 Å². The fourth-order valence-electron chi connectivity index (χ4n) is 2.45. The Morgan fingerprint density at radius 1 is 1.29 bits per heavy atom. The van der Waals surface area contributed by atoms with Gasteiger partial charge in [-0.3, -0.25) is 9.69 Å². The van der Waals surface area contributed by atoms with Crippen LogP contribution >= 0.6 is 0 Å². The Hall–Kier alpha value is -2.50. The number of amides is 1. The van der Waals surface area contributed by atoms with Gasteiger partial charge in [-0.1, -0.05) is 6.07 Å². The number of nitrogens with two attached hydrogens (primary N) is 1. The van der Waals surface area contributed by atoms with E-state index in [1.54, 1.807) is 11.0 Å². The number of hydrogen-bond acceptors (Lipinski definition) is 5. The summed E-state index contributed by atoms with van der Waals surface area (Å²) in [6, 6.07) is 5.18. The molecule has 128 valence electrons. The number of para-hydroxylation sites is 1. The maximum Gasteiger partial charge on any atom is 0.266 e. The molecule has 1 aliphatic heterocycles. The summed E-state index contributed by atoms with van der Waals surface area (Å²) in [5.41, 5.74) is 4.90. The molecule has 1 aromatic carbocycles. The minimum absolute atomic E-state index is 0.204. The van der Waals surface area contributed by atoms with Crippen molar-refractivity contribution in [3.05, 3.63) is 41.6 Å². The quantitative estimate of drug-likeness (QED) is 0.616. The van der Waals surface area contributed by atoms with Crippen LogP contribution in [0, 0.1) is 23.0 Å². The van der Waals surface area contributed by atoms with Crippen molar-refractivity contribution in [2.45, 2.75) is 0 Å². The fraction of sp³-hybridized carbons (Fsp3) is 0.375. The summed E-state index contributed by atoms with van der Waals surface area (Å²) in [5, 5.41) is 11.5. The number of hydrogen-bond donors (Lipinski definition) is 2. The van der Waals surface area contributed by atoms with Gasteiger partial charge in [0, 0.05) is 45.5 Å². The zero-order valence-corrected chi connectivity index (χ0v) is 13.1. The van der Waals surface area contributed by atoms with Gasteiger partial charge < -0.3 is 16.0 Å². The third kappa shape index (κ3) is 4.28. The van der Waals surface area contributed by atoms with Crippen LogP contribution in [0.15, 0.2) is 30.0 Å². The number of carbonyl (C=O) groups is 1. The molecule has 0 atom stereocenters. The molecule has 0 unspecified atom stereocenters. The first-order valence-electron chi connectivity index (χ1n) is 7.59. The lowest BCUT2D eigenvalue weighted by Gasteiger charge is -2.34. The van der Waals surface area contributed by atoms with Crippen LogP contribution in [0.25, 0.3) is 0 Å². The van der Waals surface area contributed by atoms with Gasteiger partial charge in [-0.05, 0) is 12.1 Å². The van der Waals surface area contributed by atoms with E-state index in [9.17, 15) is 13.6 Å². The SMILES string of the molecule is N#C/C(=C/Nc1c(F)cccc1F)C(=O)N1CCN(CCN)CC1. The number of nitriles is 1. The molecule has 0 bridgehead atoms. The molecule has 0 aliphatic carbocycles. The third-order valence-electron chi connectivity index (χ3n) is 3.78. The number of nitrogens with one attached hydrogen (secondary N) is 1. The normalized spacial score (nSPS) is 15.9. The zero-order valence-electron chi connectivity index (χ0n) is 13.1. The number of nitrogens with zero attached hydrogens (tertiary/aromatic N) is 3. The first-order valence-corrected chi connectivity index (χ1v) is 7.59. The number of anilines is 1.